The van der Waals surface area contributed by atoms with Crippen molar-refractivity contribution >= 4 is 56.9 Å². The molecule has 6 nitrogen and oxygen atoms in total. The van der Waals surface area contributed by atoms with Gasteiger partial charge >= 0.3 is 0 Å². The van der Waals surface area contributed by atoms with E-state index in [2.05, 4.69) is 20.3 Å². The standard InChI is InChI=1S/C19H14ClFN4O2S/c1-27-15-5-2-10(20)6-14(15)24-16(26)8-28-19-18-17(22-9-23-19)12-7-11(21)3-4-13(12)25-18/h2-7,9,25H,8H2,1H3,(H,24,26). The van der Waals surface area contributed by atoms with E-state index in [-0.39, 0.29) is 17.5 Å². The van der Waals surface area contributed by atoms with Crippen LogP contribution in [0, 0.1) is 5.82 Å². The van der Waals surface area contributed by atoms with Gasteiger partial charge < -0.3 is 15.0 Å². The number of aromatic amines is 1. The molecule has 0 unspecified atom stereocenters. The summed E-state index contributed by atoms with van der Waals surface area (Å²) in [6, 6.07) is 9.44. The Labute approximate surface area is 168 Å². The largest absolute Gasteiger partial charge is 0.495 e. The van der Waals surface area contributed by atoms with Crippen LogP contribution >= 0.6 is 23.4 Å². The van der Waals surface area contributed by atoms with Crippen molar-refractivity contribution in [2.45, 2.75) is 5.03 Å². The molecule has 142 valence electrons. The summed E-state index contributed by atoms with van der Waals surface area (Å²) in [6.45, 7) is 0. The number of nitrogens with zero attached hydrogens (tertiary/aromatic N) is 2. The lowest BCUT2D eigenvalue weighted by molar-refractivity contribution is -0.113. The molecule has 0 aliphatic rings. The molecule has 2 aromatic carbocycles. The van der Waals surface area contributed by atoms with E-state index in [1.807, 2.05) is 0 Å². The molecule has 0 radical (unpaired) electrons. The van der Waals surface area contributed by atoms with Crippen LogP contribution in [0.1, 0.15) is 0 Å². The summed E-state index contributed by atoms with van der Waals surface area (Å²) in [5.41, 5.74) is 2.53. The molecule has 0 aliphatic carbocycles. The topological polar surface area (TPSA) is 79.9 Å². The Morgan fingerprint density at radius 3 is 2.96 bits per heavy atom. The third-order valence-corrected chi connectivity index (χ3v) is 5.31. The number of hydrogen-bond acceptors (Lipinski definition) is 5. The molecule has 4 aromatic rings. The number of rotatable bonds is 5. The quantitative estimate of drug-likeness (QED) is 0.366. The maximum absolute atomic E-state index is 13.6. The number of amides is 1. The maximum Gasteiger partial charge on any atom is 0.234 e. The van der Waals surface area contributed by atoms with Crippen molar-refractivity contribution in [3.8, 4) is 5.75 Å². The number of halogens is 2. The smallest absolute Gasteiger partial charge is 0.234 e. The monoisotopic (exact) mass is 416 g/mol. The summed E-state index contributed by atoms with van der Waals surface area (Å²) < 4.78 is 18.8. The number of ether oxygens (including phenoxy) is 1. The van der Waals surface area contributed by atoms with Crippen molar-refractivity contribution in [2.75, 3.05) is 18.2 Å². The van der Waals surface area contributed by atoms with Crippen LogP contribution < -0.4 is 10.1 Å². The second-order valence-corrected chi connectivity index (χ2v) is 7.30. The number of carbonyl (C=O) groups is 1. The number of hydrogen-bond donors (Lipinski definition) is 2. The van der Waals surface area contributed by atoms with E-state index in [1.165, 1.54) is 37.3 Å². The van der Waals surface area contributed by atoms with E-state index < -0.39 is 0 Å². The average molecular weight is 417 g/mol. The normalized spacial score (nSPS) is 11.1. The molecule has 2 heterocycles. The first kappa shape index (κ1) is 18.5. The number of thioether (sulfide) groups is 1. The van der Waals surface area contributed by atoms with Crippen LogP contribution in [0.2, 0.25) is 5.02 Å². The number of anilines is 1. The third-order valence-electron chi connectivity index (χ3n) is 4.08. The van der Waals surface area contributed by atoms with E-state index in [1.54, 1.807) is 24.3 Å². The van der Waals surface area contributed by atoms with E-state index in [0.29, 0.717) is 37.9 Å². The molecule has 0 fully saturated rings. The van der Waals surface area contributed by atoms with Gasteiger partial charge in [0.2, 0.25) is 5.91 Å². The fourth-order valence-corrected chi connectivity index (χ4v) is 3.78. The average Bonchev–Trinajstić information content (AvgIpc) is 3.05. The highest BCUT2D eigenvalue weighted by Crippen LogP contribution is 2.31. The summed E-state index contributed by atoms with van der Waals surface area (Å²) in [7, 11) is 1.52. The van der Waals surface area contributed by atoms with Gasteiger partial charge in [-0.25, -0.2) is 14.4 Å². The molecule has 9 heteroatoms. The highest BCUT2D eigenvalue weighted by molar-refractivity contribution is 8.00. The molecular weight excluding hydrogens is 403 g/mol. The predicted octanol–water partition coefficient (Wildman–Crippen LogP) is 4.64. The van der Waals surface area contributed by atoms with Gasteiger partial charge in [0.25, 0.3) is 0 Å². The summed E-state index contributed by atoms with van der Waals surface area (Å²) in [5.74, 6) is 0.0614. The number of carbonyl (C=O) groups excluding carboxylic acids is 1. The van der Waals surface area contributed by atoms with E-state index >= 15 is 0 Å². The Hall–Kier alpha value is -2.84. The fraction of sp³-hybridized carbons (Fsp3) is 0.105. The molecule has 0 atom stereocenters. The molecule has 0 aliphatic heterocycles. The molecule has 0 bridgehead atoms. The second kappa shape index (κ2) is 7.65. The molecule has 0 saturated carbocycles. The van der Waals surface area contributed by atoms with Gasteiger partial charge in [0.05, 0.1) is 24.1 Å². The van der Waals surface area contributed by atoms with E-state index in [9.17, 15) is 9.18 Å². The first-order chi connectivity index (χ1) is 13.5. The first-order valence-corrected chi connectivity index (χ1v) is 9.59. The summed E-state index contributed by atoms with van der Waals surface area (Å²) >= 11 is 7.24. The zero-order valence-electron chi connectivity index (χ0n) is 14.6. The van der Waals surface area contributed by atoms with Crippen molar-refractivity contribution < 1.29 is 13.9 Å². The second-order valence-electron chi connectivity index (χ2n) is 5.90. The number of aromatic nitrogens is 3. The van der Waals surface area contributed by atoms with Crippen molar-refractivity contribution in [3.05, 3.63) is 53.6 Å². The summed E-state index contributed by atoms with van der Waals surface area (Å²) in [6.07, 6.45) is 1.40. The van der Waals surface area contributed by atoms with Crippen molar-refractivity contribution in [2.24, 2.45) is 0 Å². The van der Waals surface area contributed by atoms with E-state index in [4.69, 9.17) is 16.3 Å². The minimum atomic E-state index is -0.337. The predicted molar refractivity (Wildman–Crippen MR) is 109 cm³/mol. The molecule has 0 spiro atoms. The Kier molecular flexibility index (Phi) is 5.06. The van der Waals surface area contributed by atoms with Gasteiger partial charge in [-0.3, -0.25) is 4.79 Å². The number of methoxy groups -OCH3 is 1. The zero-order chi connectivity index (χ0) is 19.7. The van der Waals surface area contributed by atoms with Crippen LogP contribution in [0.3, 0.4) is 0 Å². The Morgan fingerprint density at radius 2 is 2.14 bits per heavy atom. The van der Waals surface area contributed by atoms with Gasteiger partial charge in [-0.2, -0.15) is 0 Å². The van der Waals surface area contributed by atoms with Crippen LogP contribution in [0.5, 0.6) is 5.75 Å². The fourth-order valence-electron chi connectivity index (χ4n) is 2.85. The number of benzene rings is 2. The van der Waals surface area contributed by atoms with Crippen molar-refractivity contribution in [1.82, 2.24) is 15.0 Å². The molecule has 2 N–H and O–H groups in total. The van der Waals surface area contributed by atoms with Crippen LogP contribution in [0.4, 0.5) is 10.1 Å². The molecule has 1 amide bonds. The lowest BCUT2D eigenvalue weighted by Crippen LogP contribution is -2.14. The SMILES string of the molecule is COc1ccc(Cl)cc1NC(=O)CSc1ncnc2c1[nH]c1ccc(F)cc12. The van der Waals surface area contributed by atoms with Gasteiger partial charge in [-0.15, -0.1) is 0 Å². The van der Waals surface area contributed by atoms with Gasteiger partial charge in [-0.1, -0.05) is 23.4 Å². The van der Waals surface area contributed by atoms with Gasteiger partial charge in [0.1, 0.15) is 28.4 Å². The third kappa shape index (κ3) is 3.61. The van der Waals surface area contributed by atoms with Gasteiger partial charge in [0, 0.05) is 15.9 Å². The number of H-pyrrole nitrogens is 1. The Balaban J connectivity index is 1.55. The van der Waals surface area contributed by atoms with E-state index in [0.717, 1.165) is 5.52 Å². The summed E-state index contributed by atoms with van der Waals surface area (Å²) in [5, 5.41) is 4.55. The van der Waals surface area contributed by atoms with Crippen LogP contribution in [-0.4, -0.2) is 33.7 Å². The molecule has 0 saturated heterocycles. The molecule has 28 heavy (non-hydrogen) atoms. The van der Waals surface area contributed by atoms with Crippen molar-refractivity contribution in [3.63, 3.8) is 0 Å². The number of fused-ring (bicyclic) bond motifs is 3. The Bertz CT molecular complexity index is 1200. The highest BCUT2D eigenvalue weighted by Gasteiger charge is 2.14. The molecule has 2 aromatic heterocycles. The highest BCUT2D eigenvalue weighted by atomic mass is 35.5. The van der Waals surface area contributed by atoms with Gasteiger partial charge in [0.15, 0.2) is 0 Å². The minimum absolute atomic E-state index is 0.117. The van der Waals surface area contributed by atoms with Crippen molar-refractivity contribution in [1.29, 1.82) is 0 Å². The Morgan fingerprint density at radius 1 is 1.29 bits per heavy atom. The minimum Gasteiger partial charge on any atom is -0.495 e. The molecular formula is C19H14ClFN4O2S. The van der Waals surface area contributed by atoms with Crippen LogP contribution in [0.25, 0.3) is 21.9 Å². The first-order valence-electron chi connectivity index (χ1n) is 8.23. The zero-order valence-corrected chi connectivity index (χ0v) is 16.2. The lowest BCUT2D eigenvalue weighted by atomic mass is 10.2. The van der Waals surface area contributed by atoms with Crippen LogP contribution in [-0.2, 0) is 4.79 Å². The van der Waals surface area contributed by atoms with Crippen LogP contribution in [0.15, 0.2) is 47.8 Å². The summed E-state index contributed by atoms with van der Waals surface area (Å²) in [4.78, 5) is 24.1. The van der Waals surface area contributed by atoms with Gasteiger partial charge in [-0.05, 0) is 36.4 Å². The molecule has 4 rings (SSSR count). The maximum atomic E-state index is 13.6. The number of nitrogens with one attached hydrogen (secondary N) is 2. The lowest BCUT2D eigenvalue weighted by Gasteiger charge is -2.10.